The van der Waals surface area contributed by atoms with Crippen LogP contribution in [0.15, 0.2) is 29.4 Å². The maximum absolute atomic E-state index is 11.5. The summed E-state index contributed by atoms with van der Waals surface area (Å²) in [5.74, 6) is -0.375. The number of halogens is 1. The van der Waals surface area contributed by atoms with Gasteiger partial charge in [0.2, 0.25) is 0 Å². The fourth-order valence-corrected chi connectivity index (χ4v) is 1.34. The molecule has 3 N–H and O–H groups in total. The van der Waals surface area contributed by atoms with Crippen molar-refractivity contribution >= 4 is 29.7 Å². The summed E-state index contributed by atoms with van der Waals surface area (Å²) in [7, 11) is 0. The standard InChI is InChI=1S/C10H10ClN7O/c11-8-3-1-7(2-4-8)5-13-14-9(19)6-18-16-10(12)15-17-18/h1-5H,6H2,(H2,12,16)(H,14,19). The van der Waals surface area contributed by atoms with E-state index < -0.39 is 0 Å². The summed E-state index contributed by atoms with van der Waals surface area (Å²) in [6.07, 6.45) is 1.50. The zero-order chi connectivity index (χ0) is 13.7. The number of nitrogen functional groups attached to an aromatic ring is 1. The number of carbonyl (C=O) groups excluding carboxylic acids is 1. The summed E-state index contributed by atoms with van der Waals surface area (Å²) >= 11 is 5.74. The lowest BCUT2D eigenvalue weighted by Crippen LogP contribution is -2.24. The maximum Gasteiger partial charge on any atom is 0.263 e. The predicted molar refractivity (Wildman–Crippen MR) is 69.4 cm³/mol. The van der Waals surface area contributed by atoms with Crippen LogP contribution in [0.25, 0.3) is 0 Å². The Bertz CT molecular complexity index is 592. The Hall–Kier alpha value is -2.48. The molecule has 98 valence electrons. The molecule has 0 aliphatic carbocycles. The van der Waals surface area contributed by atoms with Crippen molar-refractivity contribution in [3.05, 3.63) is 34.9 Å². The molecule has 1 aromatic carbocycles. The molecule has 8 nitrogen and oxygen atoms in total. The molecular formula is C10H10ClN7O. The first kappa shape index (κ1) is 13.0. The largest absolute Gasteiger partial charge is 0.365 e. The predicted octanol–water partition coefficient (Wildman–Crippen LogP) is 0.0590. The van der Waals surface area contributed by atoms with Gasteiger partial charge in [-0.15, -0.1) is 5.10 Å². The molecule has 0 fully saturated rings. The molecular weight excluding hydrogens is 270 g/mol. The summed E-state index contributed by atoms with van der Waals surface area (Å²) in [6.45, 7) is -0.109. The Morgan fingerprint density at radius 3 is 2.84 bits per heavy atom. The monoisotopic (exact) mass is 279 g/mol. The first-order valence-corrected chi connectivity index (χ1v) is 5.62. The number of nitrogens with zero attached hydrogens (tertiary/aromatic N) is 5. The van der Waals surface area contributed by atoms with Gasteiger partial charge in [0.1, 0.15) is 6.54 Å². The number of nitrogens with two attached hydrogens (primary N) is 1. The number of hydrogen-bond donors (Lipinski definition) is 2. The molecule has 19 heavy (non-hydrogen) atoms. The number of aromatic nitrogens is 4. The van der Waals surface area contributed by atoms with E-state index in [-0.39, 0.29) is 18.4 Å². The third kappa shape index (κ3) is 4.03. The van der Waals surface area contributed by atoms with Gasteiger partial charge in [-0.1, -0.05) is 28.8 Å². The third-order valence-corrected chi connectivity index (χ3v) is 2.28. The second-order valence-corrected chi connectivity index (χ2v) is 3.96. The van der Waals surface area contributed by atoms with Gasteiger partial charge in [-0.05, 0) is 22.9 Å². The fraction of sp³-hybridized carbons (Fsp3) is 0.100. The van der Waals surface area contributed by atoms with E-state index >= 15 is 0 Å². The Kier molecular flexibility index (Phi) is 4.04. The van der Waals surface area contributed by atoms with Crippen molar-refractivity contribution in [3.8, 4) is 0 Å². The summed E-state index contributed by atoms with van der Waals surface area (Å²) in [5, 5.41) is 15.1. The lowest BCUT2D eigenvalue weighted by molar-refractivity contribution is -0.122. The van der Waals surface area contributed by atoms with Crippen molar-refractivity contribution in [2.45, 2.75) is 6.54 Å². The number of benzene rings is 1. The van der Waals surface area contributed by atoms with Crippen LogP contribution in [0.2, 0.25) is 5.02 Å². The van der Waals surface area contributed by atoms with Gasteiger partial charge in [-0.3, -0.25) is 4.79 Å². The highest BCUT2D eigenvalue weighted by atomic mass is 35.5. The van der Waals surface area contributed by atoms with Crippen molar-refractivity contribution in [3.63, 3.8) is 0 Å². The molecule has 0 saturated carbocycles. The van der Waals surface area contributed by atoms with Crippen molar-refractivity contribution in [2.24, 2.45) is 5.10 Å². The first-order valence-electron chi connectivity index (χ1n) is 5.24. The van der Waals surface area contributed by atoms with Crippen molar-refractivity contribution < 1.29 is 4.79 Å². The average molecular weight is 280 g/mol. The first-order chi connectivity index (χ1) is 9.13. The Morgan fingerprint density at radius 2 is 2.21 bits per heavy atom. The topological polar surface area (TPSA) is 111 Å². The van der Waals surface area contributed by atoms with Gasteiger partial charge >= 0.3 is 0 Å². The highest BCUT2D eigenvalue weighted by molar-refractivity contribution is 6.30. The maximum atomic E-state index is 11.5. The molecule has 9 heteroatoms. The van der Waals surface area contributed by atoms with E-state index in [1.807, 2.05) is 0 Å². The van der Waals surface area contributed by atoms with Crippen molar-refractivity contribution in [2.75, 3.05) is 5.73 Å². The van der Waals surface area contributed by atoms with Crippen molar-refractivity contribution in [1.29, 1.82) is 0 Å². The highest BCUT2D eigenvalue weighted by Crippen LogP contribution is 2.07. The average Bonchev–Trinajstić information content (AvgIpc) is 2.77. The molecule has 1 amide bonds. The zero-order valence-electron chi connectivity index (χ0n) is 9.69. The summed E-state index contributed by atoms with van der Waals surface area (Å²) in [6, 6.07) is 7.01. The minimum absolute atomic E-state index is 0.0115. The van der Waals surface area contributed by atoms with Crippen LogP contribution in [-0.4, -0.2) is 32.3 Å². The third-order valence-electron chi connectivity index (χ3n) is 2.03. The van der Waals surface area contributed by atoms with Crippen LogP contribution in [0.4, 0.5) is 5.95 Å². The number of anilines is 1. The summed E-state index contributed by atoms with van der Waals surface area (Å²) in [5.41, 5.74) is 8.41. The molecule has 0 unspecified atom stereocenters. The second-order valence-electron chi connectivity index (χ2n) is 3.52. The van der Waals surface area contributed by atoms with Gasteiger partial charge in [0.15, 0.2) is 0 Å². The normalized spacial score (nSPS) is 10.8. The van der Waals surface area contributed by atoms with Crippen LogP contribution in [0.3, 0.4) is 0 Å². The molecule has 0 radical (unpaired) electrons. The Morgan fingerprint density at radius 1 is 1.47 bits per heavy atom. The van der Waals surface area contributed by atoms with Gasteiger partial charge in [0.25, 0.3) is 11.9 Å². The van der Waals surface area contributed by atoms with Gasteiger partial charge in [0.05, 0.1) is 6.21 Å². The van der Waals surface area contributed by atoms with Crippen LogP contribution in [0.1, 0.15) is 5.56 Å². The van der Waals surface area contributed by atoms with E-state index in [4.69, 9.17) is 17.3 Å². The number of carbonyl (C=O) groups is 1. The van der Waals surface area contributed by atoms with E-state index in [2.05, 4.69) is 25.9 Å². The second kappa shape index (κ2) is 5.91. The Balaban J connectivity index is 1.84. The summed E-state index contributed by atoms with van der Waals surface area (Å²) < 4.78 is 0. The number of amides is 1. The number of rotatable bonds is 4. The minimum atomic E-state index is -0.386. The quantitative estimate of drug-likeness (QED) is 0.607. The number of nitrogens with one attached hydrogen (secondary N) is 1. The lowest BCUT2D eigenvalue weighted by Gasteiger charge is -1.98. The van der Waals surface area contributed by atoms with Crippen LogP contribution < -0.4 is 11.2 Å². The molecule has 2 aromatic rings. The van der Waals surface area contributed by atoms with E-state index in [9.17, 15) is 4.79 Å². The van der Waals surface area contributed by atoms with E-state index in [1.165, 1.54) is 6.21 Å². The molecule has 1 heterocycles. The molecule has 1 aromatic heterocycles. The number of hydrogen-bond acceptors (Lipinski definition) is 6. The molecule has 0 atom stereocenters. The zero-order valence-corrected chi connectivity index (χ0v) is 10.4. The van der Waals surface area contributed by atoms with Crippen molar-refractivity contribution in [1.82, 2.24) is 25.6 Å². The molecule has 0 saturated heterocycles. The van der Waals surface area contributed by atoms with Gasteiger partial charge in [-0.25, -0.2) is 5.43 Å². The lowest BCUT2D eigenvalue weighted by atomic mass is 10.2. The Labute approximate surface area is 113 Å². The molecule has 0 spiro atoms. The van der Waals surface area contributed by atoms with Crippen LogP contribution in [-0.2, 0) is 11.3 Å². The van der Waals surface area contributed by atoms with Crippen LogP contribution in [0.5, 0.6) is 0 Å². The highest BCUT2D eigenvalue weighted by Gasteiger charge is 2.04. The molecule has 2 rings (SSSR count). The van der Waals surface area contributed by atoms with E-state index in [0.717, 1.165) is 10.4 Å². The van der Waals surface area contributed by atoms with Gasteiger partial charge in [0, 0.05) is 5.02 Å². The molecule has 0 aliphatic heterocycles. The fourth-order valence-electron chi connectivity index (χ4n) is 1.21. The molecule has 0 bridgehead atoms. The van der Waals surface area contributed by atoms with Crippen LogP contribution >= 0.6 is 11.6 Å². The van der Waals surface area contributed by atoms with Gasteiger partial charge < -0.3 is 5.73 Å². The summed E-state index contributed by atoms with van der Waals surface area (Å²) in [4.78, 5) is 12.5. The van der Waals surface area contributed by atoms with Gasteiger partial charge in [-0.2, -0.15) is 9.90 Å². The number of hydrazone groups is 1. The molecule has 0 aliphatic rings. The number of tetrazole rings is 1. The van der Waals surface area contributed by atoms with E-state index in [1.54, 1.807) is 24.3 Å². The SMILES string of the molecule is Nc1nnn(CC(=O)NN=Cc2ccc(Cl)cc2)n1. The smallest absolute Gasteiger partial charge is 0.263 e. The minimum Gasteiger partial charge on any atom is -0.365 e. The van der Waals surface area contributed by atoms with E-state index in [0.29, 0.717) is 5.02 Å². The van der Waals surface area contributed by atoms with Crippen LogP contribution in [0, 0.1) is 0 Å².